The van der Waals surface area contributed by atoms with Crippen LogP contribution in [-0.2, 0) is 13.3 Å². The van der Waals surface area contributed by atoms with Gasteiger partial charge in [0.2, 0.25) is 21.0 Å². The highest BCUT2D eigenvalue weighted by Crippen LogP contribution is 2.64. The highest BCUT2D eigenvalue weighted by Gasteiger charge is 2.64. The Kier molecular flexibility index (Phi) is 6.07. The number of rotatable bonds is 5. The summed E-state index contributed by atoms with van der Waals surface area (Å²) in [6.07, 6.45) is 2.40. The van der Waals surface area contributed by atoms with Gasteiger partial charge in [0.05, 0.1) is 25.9 Å². The van der Waals surface area contributed by atoms with E-state index in [4.69, 9.17) is 13.3 Å². The highest BCUT2D eigenvalue weighted by atomic mass is 28.2. The average Bonchev–Trinajstić information content (AvgIpc) is 2.49. The molecule has 0 aromatic rings. The van der Waals surface area contributed by atoms with Crippen LogP contribution < -0.4 is 0 Å². The summed E-state index contributed by atoms with van der Waals surface area (Å²) in [5.74, 6) is 1.04. The van der Waals surface area contributed by atoms with E-state index in [-0.39, 0.29) is 21.8 Å². The van der Waals surface area contributed by atoms with Gasteiger partial charge in [-0.1, -0.05) is 45.9 Å². The summed E-state index contributed by atoms with van der Waals surface area (Å²) in [6.45, 7) is 18.4. The first-order valence-electron chi connectivity index (χ1n) is 8.48. The third kappa shape index (κ3) is 2.68. The first-order valence-corrected chi connectivity index (χ1v) is 13.0. The zero-order chi connectivity index (χ0) is 18.3. The van der Waals surface area contributed by atoms with E-state index < -0.39 is 9.52 Å². The van der Waals surface area contributed by atoms with Gasteiger partial charge in [-0.15, -0.1) is 0 Å². The Morgan fingerprint density at radius 1 is 1.00 bits per heavy atom. The Morgan fingerprint density at radius 2 is 1.52 bits per heavy atom. The molecule has 0 saturated carbocycles. The van der Waals surface area contributed by atoms with E-state index in [1.165, 1.54) is 5.57 Å². The summed E-state index contributed by atoms with van der Waals surface area (Å²) in [5, 5.41) is 1.12. The number of hydrogen-bond acceptors (Lipinski definition) is 3. The van der Waals surface area contributed by atoms with E-state index in [9.17, 15) is 0 Å². The van der Waals surface area contributed by atoms with Crippen molar-refractivity contribution in [1.29, 1.82) is 0 Å². The molecule has 0 saturated heterocycles. The Bertz CT molecular complexity index is 521. The molecular weight excluding hydrogens is 353 g/mol. The molecule has 23 heavy (non-hydrogen) atoms. The van der Waals surface area contributed by atoms with E-state index in [0.29, 0.717) is 31.5 Å². The lowest BCUT2D eigenvalue weighted by atomic mass is 9.46. The second kappa shape index (κ2) is 6.66. The van der Waals surface area contributed by atoms with Gasteiger partial charge in [-0.3, -0.25) is 0 Å². The fourth-order valence-electron chi connectivity index (χ4n) is 4.25. The van der Waals surface area contributed by atoms with Crippen molar-refractivity contribution in [1.82, 2.24) is 0 Å². The lowest BCUT2D eigenvalue weighted by molar-refractivity contribution is -0.147. The van der Waals surface area contributed by atoms with Crippen LogP contribution in [0.4, 0.5) is 0 Å². The van der Waals surface area contributed by atoms with E-state index in [0.717, 1.165) is 11.1 Å². The zero-order valence-electron chi connectivity index (χ0n) is 17.0. The van der Waals surface area contributed by atoms with Gasteiger partial charge >= 0.3 is 0 Å². The zero-order valence-corrected chi connectivity index (χ0v) is 24.4. The van der Waals surface area contributed by atoms with Crippen LogP contribution in [0.15, 0.2) is 22.8 Å². The van der Waals surface area contributed by atoms with Gasteiger partial charge in [0, 0.05) is 5.41 Å². The van der Waals surface area contributed by atoms with Crippen molar-refractivity contribution in [2.24, 2.45) is 16.2 Å². The molecule has 0 heterocycles. The van der Waals surface area contributed by atoms with Crippen LogP contribution in [0.5, 0.6) is 0 Å². The molecule has 2 unspecified atom stereocenters. The lowest BCUT2D eigenvalue weighted by Crippen LogP contribution is -2.64. The molecule has 134 valence electrons. The third-order valence-corrected chi connectivity index (χ3v) is 10.7. The van der Waals surface area contributed by atoms with E-state index in [2.05, 4.69) is 61.1 Å². The molecule has 3 nitrogen and oxygen atoms in total. The average molecular weight is 389 g/mol. The molecule has 0 aromatic heterocycles. The first kappa shape index (κ1) is 21.0. The summed E-state index contributed by atoms with van der Waals surface area (Å²) >= 11 is 0. The lowest BCUT2D eigenvalue weighted by Gasteiger charge is -2.63. The maximum atomic E-state index is 6.38. The first-order chi connectivity index (χ1) is 10.4. The molecule has 1 aliphatic rings. The molecule has 1 rings (SSSR count). The second-order valence-electron chi connectivity index (χ2n) is 8.03. The van der Waals surface area contributed by atoms with Crippen molar-refractivity contribution < 1.29 is 13.3 Å². The summed E-state index contributed by atoms with van der Waals surface area (Å²) in [7, 11) is 1.65. The Morgan fingerprint density at radius 3 is 1.87 bits per heavy atom. The van der Waals surface area contributed by atoms with Crippen LogP contribution in [-0.4, -0.2) is 46.6 Å². The van der Waals surface area contributed by atoms with Crippen LogP contribution in [0.1, 0.15) is 48.5 Å². The fraction of sp³-hybridized carbons (Fsp3) is 0.750. The predicted octanol–water partition coefficient (Wildman–Crippen LogP) is 0.0407. The smallest absolute Gasteiger partial charge is 0.203 e. The van der Waals surface area contributed by atoms with Gasteiger partial charge in [-0.25, -0.2) is 0 Å². The molecule has 0 aliphatic heterocycles. The van der Waals surface area contributed by atoms with Crippen molar-refractivity contribution in [3.05, 3.63) is 22.8 Å². The SMILES string of the molecule is C[SiH2]C(O[SiH3])=C(O[SiH3])C1(C)C=C(C)C(C)(C)C(C)(C)C1(C)O[SiH3]. The summed E-state index contributed by atoms with van der Waals surface area (Å²) < 4.78 is 18.3. The van der Waals surface area contributed by atoms with Crippen LogP contribution in [0, 0.1) is 16.2 Å². The monoisotopic (exact) mass is 388 g/mol. The van der Waals surface area contributed by atoms with Gasteiger partial charge in [0.25, 0.3) is 0 Å². The Labute approximate surface area is 154 Å². The summed E-state index contributed by atoms with van der Waals surface area (Å²) in [6, 6.07) is 0. The summed E-state index contributed by atoms with van der Waals surface area (Å²) in [5.41, 5.74) is 0.814. The van der Waals surface area contributed by atoms with E-state index in [1.54, 1.807) is 0 Å². The van der Waals surface area contributed by atoms with Crippen LogP contribution in [0.25, 0.3) is 0 Å². The topological polar surface area (TPSA) is 27.7 Å². The van der Waals surface area contributed by atoms with Crippen molar-refractivity contribution in [3.63, 3.8) is 0 Å². The maximum absolute atomic E-state index is 6.38. The quantitative estimate of drug-likeness (QED) is 0.378. The molecule has 0 radical (unpaired) electrons. The molecule has 0 amide bonds. The largest absolute Gasteiger partial charge is 0.558 e. The Hall–Kier alpha value is -0.0925. The molecule has 0 bridgehead atoms. The molecule has 1 aliphatic carbocycles. The van der Waals surface area contributed by atoms with Gasteiger partial charge in [0.15, 0.2) is 0 Å². The maximum Gasteiger partial charge on any atom is 0.203 e. The third-order valence-electron chi connectivity index (χ3n) is 7.14. The molecule has 2 atom stereocenters. The molecule has 0 fully saturated rings. The van der Waals surface area contributed by atoms with E-state index >= 15 is 0 Å². The van der Waals surface area contributed by atoms with Crippen LogP contribution in [0.3, 0.4) is 0 Å². The van der Waals surface area contributed by atoms with Crippen LogP contribution in [0.2, 0.25) is 6.55 Å². The highest BCUT2D eigenvalue weighted by molar-refractivity contribution is 6.43. The van der Waals surface area contributed by atoms with Gasteiger partial charge in [-0.05, 0) is 26.2 Å². The van der Waals surface area contributed by atoms with Crippen molar-refractivity contribution in [2.45, 2.75) is 60.6 Å². The standard InChI is InChI=1S/C16H36O3Si4/c1-10-9-15(6,11(17-20)12(18-21)23-8)16(7,19-22)14(4,5)13(10,2)3/h9H,23H2,1-8,20-22H3. The molecule has 7 heteroatoms. The number of hydrogen-bond donors (Lipinski definition) is 0. The molecular formula is C16H36O3Si4. The minimum absolute atomic E-state index is 0.0355. The van der Waals surface area contributed by atoms with Crippen molar-refractivity contribution >= 4 is 41.0 Å². The molecule has 0 spiro atoms. The molecule has 0 N–H and O–H groups in total. The number of allylic oxidation sites excluding steroid dienone is 1. The van der Waals surface area contributed by atoms with Gasteiger partial charge < -0.3 is 13.3 Å². The minimum atomic E-state index is -0.434. The molecule has 0 aromatic carbocycles. The van der Waals surface area contributed by atoms with Gasteiger partial charge in [0.1, 0.15) is 16.2 Å². The predicted molar refractivity (Wildman–Crippen MR) is 112 cm³/mol. The summed E-state index contributed by atoms with van der Waals surface area (Å²) in [4.78, 5) is 0. The Balaban J connectivity index is 3.86. The fourth-order valence-corrected chi connectivity index (χ4v) is 8.30. The van der Waals surface area contributed by atoms with Crippen molar-refractivity contribution in [2.75, 3.05) is 0 Å². The van der Waals surface area contributed by atoms with E-state index in [1.807, 2.05) is 0 Å². The second-order valence-corrected chi connectivity index (χ2v) is 10.6. The van der Waals surface area contributed by atoms with Crippen molar-refractivity contribution in [3.8, 4) is 0 Å². The van der Waals surface area contributed by atoms with Gasteiger partial charge in [-0.2, -0.15) is 0 Å². The minimum Gasteiger partial charge on any atom is -0.558 e. The normalized spacial score (nSPS) is 34.5. The van der Waals surface area contributed by atoms with Crippen LogP contribution >= 0.6 is 0 Å².